The third kappa shape index (κ3) is 2.88. The predicted molar refractivity (Wildman–Crippen MR) is 101 cm³/mol. The summed E-state index contributed by atoms with van der Waals surface area (Å²) in [7, 11) is 0. The summed E-state index contributed by atoms with van der Waals surface area (Å²) in [5.41, 5.74) is 7.98. The number of hydrogen-bond acceptors (Lipinski definition) is 6. The van der Waals surface area contributed by atoms with Crippen molar-refractivity contribution < 1.29 is 0 Å². The van der Waals surface area contributed by atoms with E-state index in [4.69, 9.17) is 10.7 Å². The first-order valence-corrected chi connectivity index (χ1v) is 9.40. The summed E-state index contributed by atoms with van der Waals surface area (Å²) < 4.78 is 0. The van der Waals surface area contributed by atoms with Gasteiger partial charge in [0.2, 0.25) is 5.95 Å². The van der Waals surface area contributed by atoms with Crippen molar-refractivity contribution in [3.05, 3.63) is 30.1 Å². The van der Waals surface area contributed by atoms with Gasteiger partial charge in [-0.3, -0.25) is 0 Å². The summed E-state index contributed by atoms with van der Waals surface area (Å²) in [6, 6.07) is 6.72. The maximum Gasteiger partial charge on any atom is 0.219 e. The second-order valence-electron chi connectivity index (χ2n) is 7.49. The minimum absolute atomic E-state index is 0.253. The van der Waals surface area contributed by atoms with Crippen LogP contribution in [0, 0.1) is 17.2 Å². The van der Waals surface area contributed by atoms with E-state index in [9.17, 15) is 5.26 Å². The van der Waals surface area contributed by atoms with Gasteiger partial charge in [0.15, 0.2) is 0 Å². The summed E-state index contributed by atoms with van der Waals surface area (Å²) >= 11 is 0. The molecule has 2 fully saturated rings. The molecule has 4 rings (SSSR count). The third-order valence-corrected chi connectivity index (χ3v) is 5.94. The van der Waals surface area contributed by atoms with E-state index in [1.807, 2.05) is 6.07 Å². The fraction of sp³-hybridized carbons (Fsp3) is 0.500. The zero-order chi connectivity index (χ0) is 18.1. The Bertz CT molecular complexity index is 834. The number of nitrogens with two attached hydrogens (primary N) is 1. The van der Waals surface area contributed by atoms with Gasteiger partial charge in [-0.25, -0.2) is 15.0 Å². The van der Waals surface area contributed by atoms with Crippen LogP contribution in [0.1, 0.15) is 44.6 Å². The Kier molecular flexibility index (Phi) is 4.23. The number of rotatable bonds is 4. The highest BCUT2D eigenvalue weighted by molar-refractivity contribution is 5.63. The lowest BCUT2D eigenvalue weighted by atomic mass is 9.65. The molecule has 26 heavy (non-hydrogen) atoms. The third-order valence-electron chi connectivity index (χ3n) is 5.94. The Morgan fingerprint density at radius 3 is 2.65 bits per heavy atom. The highest BCUT2D eigenvalue weighted by atomic mass is 15.2. The molecule has 3 heterocycles. The van der Waals surface area contributed by atoms with Crippen LogP contribution in [0.2, 0.25) is 0 Å². The Hall–Kier alpha value is -2.68. The maximum absolute atomic E-state index is 9.80. The summed E-state index contributed by atoms with van der Waals surface area (Å²) in [6.45, 7) is 4.30. The number of aromatic nitrogens is 3. The van der Waals surface area contributed by atoms with Crippen LogP contribution in [0.25, 0.3) is 11.3 Å². The highest BCUT2D eigenvalue weighted by Crippen LogP contribution is 2.45. The molecule has 2 aliphatic rings. The van der Waals surface area contributed by atoms with Crippen LogP contribution in [0.15, 0.2) is 24.5 Å². The first kappa shape index (κ1) is 16.8. The number of nitriles is 1. The van der Waals surface area contributed by atoms with Crippen molar-refractivity contribution in [2.45, 2.75) is 44.4 Å². The Morgan fingerprint density at radius 1 is 1.31 bits per heavy atom. The lowest BCUT2D eigenvalue weighted by Gasteiger charge is -2.36. The largest absolute Gasteiger partial charge is 0.368 e. The zero-order valence-electron chi connectivity index (χ0n) is 15.1. The van der Waals surface area contributed by atoms with Crippen LogP contribution in [-0.4, -0.2) is 28.0 Å². The van der Waals surface area contributed by atoms with E-state index < -0.39 is 0 Å². The second kappa shape index (κ2) is 6.56. The minimum atomic E-state index is -0.370. The van der Waals surface area contributed by atoms with Crippen molar-refractivity contribution in [1.29, 1.82) is 5.26 Å². The molecule has 1 saturated carbocycles. The first-order chi connectivity index (χ1) is 12.6. The van der Waals surface area contributed by atoms with Gasteiger partial charge >= 0.3 is 0 Å². The van der Waals surface area contributed by atoms with Gasteiger partial charge in [0.25, 0.3) is 0 Å². The Labute approximate surface area is 154 Å². The molecule has 6 heteroatoms. The average molecular weight is 348 g/mol. The molecule has 1 aliphatic carbocycles. The topological polar surface area (TPSA) is 91.7 Å². The van der Waals surface area contributed by atoms with E-state index in [0.29, 0.717) is 0 Å². The van der Waals surface area contributed by atoms with Crippen molar-refractivity contribution >= 4 is 11.8 Å². The van der Waals surface area contributed by atoms with E-state index in [1.54, 1.807) is 12.4 Å². The molecule has 0 aromatic carbocycles. The molecular formula is C20H24N6. The smallest absolute Gasteiger partial charge is 0.219 e. The number of anilines is 2. The van der Waals surface area contributed by atoms with E-state index in [1.165, 1.54) is 12.8 Å². The standard InChI is InChI=1S/C20H24N6/c1-2-14-4-7-26(12-14)18-9-16(20(13-21)5-3-6-20)8-17(25-18)15-10-23-19(22)24-11-15/h8-11,14H,2-7,12H2,1H3,(H2,22,23,24). The second-order valence-corrected chi connectivity index (χ2v) is 7.49. The van der Waals surface area contributed by atoms with Crippen LogP contribution < -0.4 is 10.6 Å². The van der Waals surface area contributed by atoms with Crippen molar-refractivity contribution in [3.63, 3.8) is 0 Å². The van der Waals surface area contributed by atoms with Crippen LogP contribution >= 0.6 is 0 Å². The SMILES string of the molecule is CCC1CCN(c2cc(C3(C#N)CCC3)cc(-c3cnc(N)nc3)n2)C1. The molecule has 0 amide bonds. The summed E-state index contributed by atoms with van der Waals surface area (Å²) in [4.78, 5) is 15.4. The molecule has 1 aliphatic heterocycles. The number of nitrogens with zero attached hydrogens (tertiary/aromatic N) is 5. The van der Waals surface area contributed by atoms with Crippen LogP contribution in [0.4, 0.5) is 11.8 Å². The lowest BCUT2D eigenvalue weighted by Crippen LogP contribution is -2.33. The monoisotopic (exact) mass is 348 g/mol. The van der Waals surface area contributed by atoms with Crippen LogP contribution in [0.5, 0.6) is 0 Å². The summed E-state index contributed by atoms with van der Waals surface area (Å²) in [5.74, 6) is 1.94. The average Bonchev–Trinajstić information content (AvgIpc) is 3.11. The van der Waals surface area contributed by atoms with E-state index >= 15 is 0 Å². The summed E-state index contributed by atoms with van der Waals surface area (Å²) in [5, 5.41) is 9.80. The van der Waals surface area contributed by atoms with Gasteiger partial charge < -0.3 is 10.6 Å². The molecular weight excluding hydrogens is 324 g/mol. The molecule has 0 radical (unpaired) electrons. The van der Waals surface area contributed by atoms with Gasteiger partial charge in [-0.2, -0.15) is 5.26 Å². The van der Waals surface area contributed by atoms with Crippen molar-refractivity contribution in [3.8, 4) is 17.3 Å². The van der Waals surface area contributed by atoms with Gasteiger partial charge in [0.1, 0.15) is 5.82 Å². The zero-order valence-corrected chi connectivity index (χ0v) is 15.1. The van der Waals surface area contributed by atoms with Gasteiger partial charge in [0.05, 0.1) is 17.2 Å². The van der Waals surface area contributed by atoms with Gasteiger partial charge in [-0.15, -0.1) is 0 Å². The predicted octanol–water partition coefficient (Wildman–Crippen LogP) is 3.30. The van der Waals surface area contributed by atoms with E-state index in [2.05, 4.69) is 33.9 Å². The molecule has 6 nitrogen and oxygen atoms in total. The molecule has 2 aromatic rings. The van der Waals surface area contributed by atoms with E-state index in [-0.39, 0.29) is 11.4 Å². The van der Waals surface area contributed by atoms with Crippen LogP contribution in [-0.2, 0) is 5.41 Å². The number of hydrogen-bond donors (Lipinski definition) is 1. The normalized spacial score (nSPS) is 21.2. The molecule has 2 N–H and O–H groups in total. The van der Waals surface area contributed by atoms with Gasteiger partial charge in [-0.05, 0) is 49.3 Å². The first-order valence-electron chi connectivity index (χ1n) is 9.40. The highest BCUT2D eigenvalue weighted by Gasteiger charge is 2.40. The molecule has 1 atom stereocenters. The maximum atomic E-state index is 9.80. The van der Waals surface area contributed by atoms with Crippen molar-refractivity contribution in [2.24, 2.45) is 5.92 Å². The Balaban J connectivity index is 1.77. The molecule has 0 spiro atoms. The lowest BCUT2D eigenvalue weighted by molar-refractivity contribution is 0.324. The van der Waals surface area contributed by atoms with Gasteiger partial charge in [0, 0.05) is 31.0 Å². The fourth-order valence-electron chi connectivity index (χ4n) is 3.94. The molecule has 1 saturated heterocycles. The minimum Gasteiger partial charge on any atom is -0.368 e. The quantitative estimate of drug-likeness (QED) is 0.911. The molecule has 134 valence electrons. The van der Waals surface area contributed by atoms with E-state index in [0.717, 1.165) is 60.9 Å². The number of nitrogen functional groups attached to an aromatic ring is 1. The summed E-state index contributed by atoms with van der Waals surface area (Å²) in [6.07, 6.45) is 8.74. The molecule has 1 unspecified atom stereocenters. The Morgan fingerprint density at radius 2 is 2.08 bits per heavy atom. The fourth-order valence-corrected chi connectivity index (χ4v) is 3.94. The molecule has 0 bridgehead atoms. The number of pyridine rings is 1. The molecule has 2 aromatic heterocycles. The van der Waals surface area contributed by atoms with Crippen molar-refractivity contribution in [1.82, 2.24) is 15.0 Å². The van der Waals surface area contributed by atoms with Crippen molar-refractivity contribution in [2.75, 3.05) is 23.7 Å². The van der Waals surface area contributed by atoms with Gasteiger partial charge in [-0.1, -0.05) is 13.3 Å². The van der Waals surface area contributed by atoms with Crippen LogP contribution in [0.3, 0.4) is 0 Å².